The lowest BCUT2D eigenvalue weighted by atomic mass is 10.2. The van der Waals surface area contributed by atoms with Crippen molar-refractivity contribution < 1.29 is 9.18 Å². The third-order valence-electron chi connectivity index (χ3n) is 3.56. The molecule has 0 saturated heterocycles. The second kappa shape index (κ2) is 8.29. The van der Waals surface area contributed by atoms with Crippen LogP contribution in [0.3, 0.4) is 0 Å². The second-order valence-corrected chi connectivity index (χ2v) is 7.85. The zero-order valence-electron chi connectivity index (χ0n) is 14.3. The summed E-state index contributed by atoms with van der Waals surface area (Å²) in [5.74, 6) is -0.0190. The van der Waals surface area contributed by atoms with E-state index >= 15 is 0 Å². The third kappa shape index (κ3) is 4.59. The molecule has 1 aromatic heterocycles. The van der Waals surface area contributed by atoms with Crippen molar-refractivity contribution in [2.75, 3.05) is 24.3 Å². The van der Waals surface area contributed by atoms with Crippen LogP contribution in [0, 0.1) is 5.82 Å². The fourth-order valence-electron chi connectivity index (χ4n) is 2.17. The molecule has 0 saturated carbocycles. The maximum absolute atomic E-state index is 13.6. The van der Waals surface area contributed by atoms with Crippen LogP contribution in [0.1, 0.15) is 15.9 Å². The van der Waals surface area contributed by atoms with Gasteiger partial charge in [-0.25, -0.2) is 4.39 Å². The SMILES string of the molecule is CN(C)c1cccc(C(=O)Nc2nnc(SCc3ccccc3F)s2)c1. The highest BCUT2D eigenvalue weighted by Crippen LogP contribution is 2.29. The summed E-state index contributed by atoms with van der Waals surface area (Å²) in [5.41, 5.74) is 2.10. The molecule has 0 spiro atoms. The standard InChI is InChI=1S/C18H17FN4OS2/c1-23(2)14-8-5-7-12(10-14)16(24)20-17-21-22-18(26-17)25-11-13-6-3-4-9-15(13)19/h3-10H,11H2,1-2H3,(H,20,21,24). The normalized spacial score (nSPS) is 10.6. The first-order valence-electron chi connectivity index (χ1n) is 7.81. The first-order valence-corrected chi connectivity index (χ1v) is 9.61. The molecule has 2 aromatic carbocycles. The average molecular weight is 388 g/mol. The predicted octanol–water partition coefficient (Wildman–Crippen LogP) is 4.29. The maximum atomic E-state index is 13.6. The number of halogens is 1. The molecule has 1 N–H and O–H groups in total. The second-order valence-electron chi connectivity index (χ2n) is 5.65. The number of thioether (sulfide) groups is 1. The number of amides is 1. The molecule has 1 amide bonds. The summed E-state index contributed by atoms with van der Waals surface area (Å²) < 4.78 is 14.3. The quantitative estimate of drug-likeness (QED) is 0.504. The van der Waals surface area contributed by atoms with Crippen molar-refractivity contribution in [1.29, 1.82) is 0 Å². The van der Waals surface area contributed by atoms with Crippen LogP contribution in [0.5, 0.6) is 0 Å². The molecule has 0 bridgehead atoms. The minimum Gasteiger partial charge on any atom is -0.378 e. The minimum atomic E-state index is -0.240. The molecule has 0 aliphatic heterocycles. The van der Waals surface area contributed by atoms with E-state index in [1.807, 2.05) is 37.2 Å². The van der Waals surface area contributed by atoms with Gasteiger partial charge >= 0.3 is 0 Å². The van der Waals surface area contributed by atoms with E-state index < -0.39 is 0 Å². The number of aromatic nitrogens is 2. The van der Waals surface area contributed by atoms with Gasteiger partial charge in [0.15, 0.2) is 4.34 Å². The average Bonchev–Trinajstić information content (AvgIpc) is 3.08. The summed E-state index contributed by atoms with van der Waals surface area (Å²) in [6.45, 7) is 0. The molecule has 0 radical (unpaired) electrons. The van der Waals surface area contributed by atoms with Gasteiger partial charge in [0.1, 0.15) is 5.82 Å². The zero-order chi connectivity index (χ0) is 18.5. The van der Waals surface area contributed by atoms with Crippen LogP contribution in [0.15, 0.2) is 52.9 Å². The summed E-state index contributed by atoms with van der Waals surface area (Å²) in [6, 6.07) is 14.0. The van der Waals surface area contributed by atoms with Crippen molar-refractivity contribution in [2.24, 2.45) is 0 Å². The van der Waals surface area contributed by atoms with Crippen LogP contribution in [0.4, 0.5) is 15.2 Å². The van der Waals surface area contributed by atoms with Gasteiger partial charge in [-0.1, -0.05) is 47.4 Å². The van der Waals surface area contributed by atoms with Gasteiger partial charge in [0.25, 0.3) is 5.91 Å². The maximum Gasteiger partial charge on any atom is 0.257 e. The van der Waals surface area contributed by atoms with Gasteiger partial charge in [-0.15, -0.1) is 10.2 Å². The fourth-order valence-corrected chi connectivity index (χ4v) is 3.90. The van der Waals surface area contributed by atoms with E-state index in [9.17, 15) is 9.18 Å². The van der Waals surface area contributed by atoms with Crippen molar-refractivity contribution in [3.63, 3.8) is 0 Å². The largest absolute Gasteiger partial charge is 0.378 e. The van der Waals surface area contributed by atoms with E-state index in [0.29, 0.717) is 26.4 Å². The lowest BCUT2D eigenvalue weighted by molar-refractivity contribution is 0.102. The topological polar surface area (TPSA) is 58.1 Å². The van der Waals surface area contributed by atoms with Gasteiger partial charge in [0, 0.05) is 31.1 Å². The van der Waals surface area contributed by atoms with E-state index in [4.69, 9.17) is 0 Å². The zero-order valence-corrected chi connectivity index (χ0v) is 15.9. The molecular formula is C18H17FN4OS2. The number of anilines is 2. The number of benzene rings is 2. The lowest BCUT2D eigenvalue weighted by Gasteiger charge is -2.13. The lowest BCUT2D eigenvalue weighted by Crippen LogP contribution is -2.14. The van der Waals surface area contributed by atoms with Crippen LogP contribution in [0.2, 0.25) is 0 Å². The van der Waals surface area contributed by atoms with E-state index in [1.54, 1.807) is 24.3 Å². The molecule has 5 nitrogen and oxygen atoms in total. The number of hydrogen-bond donors (Lipinski definition) is 1. The van der Waals surface area contributed by atoms with E-state index in [1.165, 1.54) is 29.2 Å². The molecule has 0 aliphatic carbocycles. The number of rotatable bonds is 6. The number of nitrogens with one attached hydrogen (secondary N) is 1. The minimum absolute atomic E-state index is 0.237. The molecule has 8 heteroatoms. The van der Waals surface area contributed by atoms with Gasteiger partial charge in [-0.05, 0) is 29.8 Å². The molecule has 134 valence electrons. The Morgan fingerprint density at radius 2 is 2.00 bits per heavy atom. The van der Waals surface area contributed by atoms with Gasteiger partial charge < -0.3 is 4.90 Å². The summed E-state index contributed by atoms with van der Waals surface area (Å²) in [7, 11) is 3.83. The van der Waals surface area contributed by atoms with E-state index in [-0.39, 0.29) is 11.7 Å². The van der Waals surface area contributed by atoms with Crippen molar-refractivity contribution in [3.05, 3.63) is 65.5 Å². The molecule has 3 rings (SSSR count). The van der Waals surface area contributed by atoms with Crippen LogP contribution in [-0.2, 0) is 5.75 Å². The Kier molecular flexibility index (Phi) is 5.85. The van der Waals surface area contributed by atoms with Gasteiger partial charge in [-0.2, -0.15) is 0 Å². The van der Waals surface area contributed by atoms with Crippen LogP contribution < -0.4 is 10.2 Å². The third-order valence-corrected chi connectivity index (χ3v) is 5.58. The highest BCUT2D eigenvalue weighted by atomic mass is 32.2. The van der Waals surface area contributed by atoms with Gasteiger partial charge in [0.05, 0.1) is 0 Å². The Balaban J connectivity index is 1.62. The van der Waals surface area contributed by atoms with Crippen LogP contribution in [-0.4, -0.2) is 30.2 Å². The van der Waals surface area contributed by atoms with E-state index in [2.05, 4.69) is 15.5 Å². The molecule has 0 atom stereocenters. The summed E-state index contributed by atoms with van der Waals surface area (Å²) in [4.78, 5) is 14.3. The monoisotopic (exact) mass is 388 g/mol. The highest BCUT2D eigenvalue weighted by molar-refractivity contribution is 8.00. The molecule has 0 aliphatic rings. The number of nitrogens with zero attached hydrogens (tertiary/aromatic N) is 3. The predicted molar refractivity (Wildman–Crippen MR) is 105 cm³/mol. The molecule has 1 heterocycles. The van der Waals surface area contributed by atoms with Crippen molar-refractivity contribution >= 4 is 39.8 Å². The summed E-state index contributed by atoms with van der Waals surface area (Å²) >= 11 is 2.65. The van der Waals surface area contributed by atoms with Crippen LogP contribution in [0.25, 0.3) is 0 Å². The van der Waals surface area contributed by atoms with Crippen molar-refractivity contribution in [2.45, 2.75) is 10.1 Å². The number of hydrogen-bond acceptors (Lipinski definition) is 6. The Bertz CT molecular complexity index is 913. The fraction of sp³-hybridized carbons (Fsp3) is 0.167. The molecule has 0 unspecified atom stereocenters. The first-order chi connectivity index (χ1) is 12.5. The Morgan fingerprint density at radius 1 is 1.19 bits per heavy atom. The molecular weight excluding hydrogens is 371 g/mol. The smallest absolute Gasteiger partial charge is 0.257 e. The van der Waals surface area contributed by atoms with E-state index in [0.717, 1.165) is 5.69 Å². The summed E-state index contributed by atoms with van der Waals surface area (Å²) in [6.07, 6.45) is 0. The first kappa shape index (κ1) is 18.3. The Morgan fingerprint density at radius 3 is 2.77 bits per heavy atom. The summed E-state index contributed by atoms with van der Waals surface area (Å²) in [5, 5.41) is 11.2. The molecule has 0 fully saturated rings. The van der Waals surface area contributed by atoms with Crippen molar-refractivity contribution in [3.8, 4) is 0 Å². The van der Waals surface area contributed by atoms with Gasteiger partial charge in [-0.3, -0.25) is 10.1 Å². The Labute approximate surface area is 159 Å². The molecule has 26 heavy (non-hydrogen) atoms. The number of carbonyl (C=O) groups excluding carboxylic acids is 1. The molecule has 3 aromatic rings. The van der Waals surface area contributed by atoms with Crippen molar-refractivity contribution in [1.82, 2.24) is 10.2 Å². The number of carbonyl (C=O) groups is 1. The van der Waals surface area contributed by atoms with Gasteiger partial charge in [0.2, 0.25) is 5.13 Å². The highest BCUT2D eigenvalue weighted by Gasteiger charge is 2.12. The van der Waals surface area contributed by atoms with Crippen LogP contribution >= 0.6 is 23.1 Å². The Hall–Kier alpha value is -2.45.